The van der Waals surface area contributed by atoms with E-state index < -0.39 is 0 Å². The van der Waals surface area contributed by atoms with Gasteiger partial charge in [0.1, 0.15) is 22.3 Å². The number of rotatable bonds is 18. The third-order valence-electron chi connectivity index (χ3n) is 27.6. The zero-order valence-corrected chi connectivity index (χ0v) is 74.1. The predicted molar refractivity (Wildman–Crippen MR) is 571 cm³/mol. The Morgan fingerprint density at radius 3 is 1.00 bits per heavy atom. The van der Waals surface area contributed by atoms with E-state index in [1.165, 1.54) is 49.1 Å². The Morgan fingerprint density at radius 1 is 0.154 bits per heavy atom. The van der Waals surface area contributed by atoms with Gasteiger partial charge in [-0.05, 0) is 210 Å². The van der Waals surface area contributed by atoms with E-state index in [1.54, 1.807) is 0 Å². The van der Waals surface area contributed by atoms with Gasteiger partial charge in [0, 0.05) is 99.1 Å². The van der Waals surface area contributed by atoms with Gasteiger partial charge in [-0.3, -0.25) is 0 Å². The topological polar surface area (TPSA) is 42.6 Å². The Balaban J connectivity index is 0.519. The number of anilines is 6. The van der Waals surface area contributed by atoms with E-state index in [2.05, 4.69) is 516 Å². The van der Waals surface area contributed by atoms with Crippen LogP contribution in [0.2, 0.25) is 0 Å². The van der Waals surface area contributed by atoms with E-state index in [9.17, 15) is 0 Å². The molecule has 0 N–H and O–H groups in total. The number of aromatic nitrogens is 2. The van der Waals surface area contributed by atoms with Crippen molar-refractivity contribution in [3.8, 4) is 123 Å². The highest BCUT2D eigenvalue weighted by molar-refractivity contribution is 6.15. The predicted octanol–water partition coefficient (Wildman–Crippen LogP) is 36.4. The van der Waals surface area contributed by atoms with E-state index in [1.807, 2.05) is 12.1 Å². The van der Waals surface area contributed by atoms with Crippen molar-refractivity contribution in [3.05, 3.63) is 510 Å². The zero-order chi connectivity index (χ0) is 89.7. The first-order chi connectivity index (χ1) is 67.5. The van der Waals surface area contributed by atoms with Gasteiger partial charge in [-0.2, -0.15) is 0 Å². The molecule has 0 fully saturated rings. The standard InChI is InChI=1S/C130H84N4O2/c1-2-29-85(30-3-1)86-61-63-90(64-62-86)103-36-4-14-51-118(103)132(120-53-16-6-38-107(120)109-40-8-18-55-122(109)134-125-58-21-11-43-112(125)113-44-12-22-59-126(113)134)100-77-69-88(70-78-100)92-32-25-34-96(82-92)105-48-28-50-116-117-84-97(72-80-128(117)136-130(105)116)101-46-26-35-94-83-93(71-79-102(94)101)89-67-75-99(76-68-89)131(98-73-65-87(66-74-98)91-31-24-33-95(81-91)104-47-27-49-115-114-45-13-23-60-127(114)135-129(104)115)119-52-15-5-37-106(119)108-39-7-17-54-121(108)133-123-56-19-9-41-110(123)111-42-10-20-57-124(111)133/h1-84H. The minimum atomic E-state index is 0.843. The molecule has 0 saturated heterocycles. The van der Waals surface area contributed by atoms with Crippen LogP contribution < -0.4 is 9.80 Å². The minimum Gasteiger partial charge on any atom is -0.455 e. The molecule has 0 aliphatic heterocycles. The Labute approximate surface area is 786 Å². The first-order valence-corrected chi connectivity index (χ1v) is 46.6. The molecule has 6 heteroatoms. The van der Waals surface area contributed by atoms with Crippen molar-refractivity contribution >= 4 is 132 Å². The molecule has 0 spiro atoms. The zero-order valence-electron chi connectivity index (χ0n) is 74.1. The molecule has 636 valence electrons. The summed E-state index contributed by atoms with van der Waals surface area (Å²) in [6.45, 7) is 0. The smallest absolute Gasteiger partial charge is 0.143 e. The van der Waals surface area contributed by atoms with Gasteiger partial charge in [-0.25, -0.2) is 0 Å². The second-order valence-corrected chi connectivity index (χ2v) is 35.3. The highest BCUT2D eigenvalue weighted by atomic mass is 16.3. The Morgan fingerprint density at radius 2 is 0.471 bits per heavy atom. The van der Waals surface area contributed by atoms with E-state index in [0.717, 1.165) is 206 Å². The lowest BCUT2D eigenvalue weighted by atomic mass is 9.94. The molecular formula is C130H84N4O2. The van der Waals surface area contributed by atoms with Crippen LogP contribution in [0.4, 0.5) is 34.1 Å². The molecule has 0 aliphatic carbocycles. The molecule has 22 aromatic carbocycles. The normalized spacial score (nSPS) is 11.7. The highest BCUT2D eigenvalue weighted by Gasteiger charge is 2.28. The van der Waals surface area contributed by atoms with E-state index in [-0.39, 0.29) is 0 Å². The summed E-state index contributed by atoms with van der Waals surface area (Å²) < 4.78 is 18.5. The number of nitrogens with zero attached hydrogens (tertiary/aromatic N) is 4. The van der Waals surface area contributed by atoms with Crippen LogP contribution in [0.5, 0.6) is 0 Å². The lowest BCUT2D eigenvalue weighted by Gasteiger charge is -2.30. The molecule has 0 saturated carbocycles. The summed E-state index contributed by atoms with van der Waals surface area (Å²) in [7, 11) is 0. The van der Waals surface area contributed by atoms with Gasteiger partial charge in [-0.15, -0.1) is 0 Å². The quantitative estimate of drug-likeness (QED) is 0.0859. The number of hydrogen-bond donors (Lipinski definition) is 0. The lowest BCUT2D eigenvalue weighted by Crippen LogP contribution is -2.13. The minimum absolute atomic E-state index is 0.843. The second-order valence-electron chi connectivity index (χ2n) is 35.3. The molecule has 0 amide bonds. The molecule has 26 rings (SSSR count). The monoisotopic (exact) mass is 1730 g/mol. The van der Waals surface area contributed by atoms with Crippen LogP contribution in [0, 0.1) is 0 Å². The fraction of sp³-hybridized carbons (Fsp3) is 0. The van der Waals surface area contributed by atoms with Crippen LogP contribution in [0.25, 0.3) is 221 Å². The van der Waals surface area contributed by atoms with E-state index in [4.69, 9.17) is 8.83 Å². The third-order valence-corrected chi connectivity index (χ3v) is 27.6. The molecule has 26 aromatic rings. The van der Waals surface area contributed by atoms with Crippen molar-refractivity contribution in [1.82, 2.24) is 9.13 Å². The Kier molecular flexibility index (Phi) is 19.2. The summed E-state index contributed by atoms with van der Waals surface area (Å²) in [5, 5.41) is 11.6. The fourth-order valence-electron chi connectivity index (χ4n) is 21.2. The van der Waals surface area contributed by atoms with Crippen LogP contribution in [-0.2, 0) is 0 Å². The van der Waals surface area contributed by atoms with Crippen molar-refractivity contribution in [3.63, 3.8) is 0 Å². The maximum atomic E-state index is 7.01. The molecule has 0 aliphatic rings. The van der Waals surface area contributed by atoms with Gasteiger partial charge in [0.2, 0.25) is 0 Å². The van der Waals surface area contributed by atoms with Gasteiger partial charge in [-0.1, -0.05) is 382 Å². The maximum Gasteiger partial charge on any atom is 0.143 e. The SMILES string of the molecule is c1ccc(-c2ccc(-c3ccccc3N(c3ccc(-c4cccc(-c5cccc6c5oc5ccc(-c7cccc8cc(-c9ccc(N(c%10ccc(-c%11cccc(-c%12cccc%13c%12oc%12ccccc%12%13)c%11)cc%10)c%10ccccc%10-c%10ccccc%10-n%10c%11ccccc%11c%11ccccc%11%10)cc9)ccc78)cc56)c4)cc3)c3ccccc3-c3ccccc3-n3c4ccccc4c4ccccc43)cc2)cc1. The van der Waals surface area contributed by atoms with Crippen molar-refractivity contribution < 1.29 is 8.83 Å². The van der Waals surface area contributed by atoms with Crippen molar-refractivity contribution in [2.75, 3.05) is 9.80 Å². The second kappa shape index (κ2) is 33.1. The van der Waals surface area contributed by atoms with Gasteiger partial charge in [0.05, 0.1) is 50.5 Å². The number of para-hydroxylation sites is 12. The summed E-state index contributed by atoms with van der Waals surface area (Å²) in [6.07, 6.45) is 0. The molecule has 0 bridgehead atoms. The van der Waals surface area contributed by atoms with Crippen LogP contribution in [0.1, 0.15) is 0 Å². The van der Waals surface area contributed by atoms with Crippen LogP contribution in [0.15, 0.2) is 518 Å². The first-order valence-electron chi connectivity index (χ1n) is 46.6. The van der Waals surface area contributed by atoms with Crippen molar-refractivity contribution in [2.24, 2.45) is 0 Å². The van der Waals surface area contributed by atoms with Crippen LogP contribution in [-0.4, -0.2) is 9.13 Å². The van der Waals surface area contributed by atoms with Gasteiger partial charge < -0.3 is 27.8 Å². The average Bonchev–Trinajstić information content (AvgIpc) is 1.55. The van der Waals surface area contributed by atoms with Crippen LogP contribution >= 0.6 is 0 Å². The molecular weight excluding hydrogens is 1650 g/mol. The number of fused-ring (bicyclic) bond motifs is 13. The van der Waals surface area contributed by atoms with Gasteiger partial charge in [0.25, 0.3) is 0 Å². The van der Waals surface area contributed by atoms with E-state index >= 15 is 0 Å². The number of benzene rings is 22. The lowest BCUT2D eigenvalue weighted by molar-refractivity contribution is 0.669. The number of furan rings is 2. The summed E-state index contributed by atoms with van der Waals surface area (Å²) >= 11 is 0. The molecule has 136 heavy (non-hydrogen) atoms. The molecule has 6 nitrogen and oxygen atoms in total. The third kappa shape index (κ3) is 13.6. The van der Waals surface area contributed by atoms with Crippen molar-refractivity contribution in [2.45, 2.75) is 0 Å². The molecule has 0 atom stereocenters. The first kappa shape index (κ1) is 78.9. The average molecular weight is 1730 g/mol. The highest BCUT2D eigenvalue weighted by Crippen LogP contribution is 2.51. The largest absolute Gasteiger partial charge is 0.455 e. The summed E-state index contributed by atoms with van der Waals surface area (Å²) in [5.74, 6) is 0. The molecule has 4 aromatic heterocycles. The molecule has 0 unspecified atom stereocenters. The molecule has 0 radical (unpaired) electrons. The summed E-state index contributed by atoms with van der Waals surface area (Å²) in [5.41, 5.74) is 39.0. The molecule has 4 heterocycles. The summed E-state index contributed by atoms with van der Waals surface area (Å²) in [4.78, 5) is 4.88. The van der Waals surface area contributed by atoms with Gasteiger partial charge in [0.15, 0.2) is 0 Å². The fourth-order valence-corrected chi connectivity index (χ4v) is 21.2. The summed E-state index contributed by atoms with van der Waals surface area (Å²) in [6, 6.07) is 186. The maximum absolute atomic E-state index is 7.01. The Hall–Kier alpha value is -18.1. The van der Waals surface area contributed by atoms with Gasteiger partial charge >= 0.3 is 0 Å². The van der Waals surface area contributed by atoms with Crippen LogP contribution in [0.3, 0.4) is 0 Å². The Bertz CT molecular complexity index is 9060. The van der Waals surface area contributed by atoms with Crippen molar-refractivity contribution in [1.29, 1.82) is 0 Å². The number of hydrogen-bond acceptors (Lipinski definition) is 4. The van der Waals surface area contributed by atoms with E-state index in [0.29, 0.717) is 0 Å².